The van der Waals surface area contributed by atoms with Gasteiger partial charge in [0.25, 0.3) is 0 Å². The molecule has 0 saturated carbocycles. The Morgan fingerprint density at radius 1 is 0.933 bits per heavy atom. The van der Waals surface area contributed by atoms with E-state index < -0.39 is 0 Å². The fraction of sp³-hybridized carbons (Fsp3) is 0.208. The Kier molecular flexibility index (Phi) is 6.90. The third-order valence-corrected chi connectivity index (χ3v) is 5.53. The van der Waals surface area contributed by atoms with Crippen LogP contribution < -0.4 is 14.8 Å². The molecular formula is C24H23NO4S. The van der Waals surface area contributed by atoms with Gasteiger partial charge in [0.05, 0.1) is 12.4 Å². The maximum absolute atomic E-state index is 12.2. The van der Waals surface area contributed by atoms with E-state index in [0.29, 0.717) is 29.5 Å². The number of carbonyl (C=O) groups is 1. The third kappa shape index (κ3) is 5.34. The lowest BCUT2D eigenvalue weighted by molar-refractivity contribution is -0.113. The molecule has 1 N–H and O–H groups in total. The van der Waals surface area contributed by atoms with Crippen LogP contribution in [0, 0.1) is 0 Å². The molecule has 0 spiro atoms. The topological polar surface area (TPSA) is 56.8 Å². The fourth-order valence-electron chi connectivity index (χ4n) is 3.20. The number of fused-ring (bicyclic) bond motifs is 1. The minimum absolute atomic E-state index is 0.0541. The Morgan fingerprint density at radius 2 is 1.60 bits per heavy atom. The van der Waals surface area contributed by atoms with Gasteiger partial charge >= 0.3 is 0 Å². The summed E-state index contributed by atoms with van der Waals surface area (Å²) in [6, 6.07) is 25.7. The van der Waals surface area contributed by atoms with E-state index in [1.54, 1.807) is 23.9 Å². The van der Waals surface area contributed by atoms with Crippen molar-refractivity contribution in [1.29, 1.82) is 0 Å². The van der Waals surface area contributed by atoms with Crippen LogP contribution in [-0.2, 0) is 9.53 Å². The van der Waals surface area contributed by atoms with Crippen LogP contribution in [-0.4, -0.2) is 30.8 Å². The van der Waals surface area contributed by atoms with Crippen LogP contribution in [0.3, 0.4) is 0 Å². The molecule has 1 amide bonds. The maximum atomic E-state index is 12.2. The molecule has 0 unspecified atom stereocenters. The lowest BCUT2D eigenvalue weighted by atomic mass is 10.0. The molecular weight excluding hydrogens is 398 g/mol. The summed E-state index contributed by atoms with van der Waals surface area (Å²) in [4.78, 5) is 12.2. The molecule has 0 radical (unpaired) electrons. The molecule has 0 fully saturated rings. The van der Waals surface area contributed by atoms with E-state index in [1.807, 2.05) is 42.5 Å². The molecule has 3 aromatic carbocycles. The maximum Gasteiger partial charge on any atom is 0.234 e. The number of rotatable bonds is 9. The van der Waals surface area contributed by atoms with Crippen molar-refractivity contribution in [2.24, 2.45) is 0 Å². The van der Waals surface area contributed by atoms with Crippen molar-refractivity contribution in [2.45, 2.75) is 6.10 Å². The van der Waals surface area contributed by atoms with Gasteiger partial charge in [-0.3, -0.25) is 4.79 Å². The van der Waals surface area contributed by atoms with Crippen molar-refractivity contribution >= 4 is 23.4 Å². The van der Waals surface area contributed by atoms with Crippen molar-refractivity contribution in [2.75, 3.05) is 30.2 Å². The van der Waals surface area contributed by atoms with E-state index in [0.717, 1.165) is 16.9 Å². The molecule has 3 aromatic rings. The highest BCUT2D eigenvalue weighted by molar-refractivity contribution is 7.99. The highest BCUT2D eigenvalue weighted by Crippen LogP contribution is 2.34. The van der Waals surface area contributed by atoms with Crippen molar-refractivity contribution in [1.82, 2.24) is 0 Å². The summed E-state index contributed by atoms with van der Waals surface area (Å²) < 4.78 is 16.8. The Bertz CT molecular complexity index is 926. The Labute approximate surface area is 180 Å². The van der Waals surface area contributed by atoms with Gasteiger partial charge in [-0.25, -0.2) is 0 Å². The predicted octanol–water partition coefficient (Wildman–Crippen LogP) is 4.89. The molecule has 6 heteroatoms. The van der Waals surface area contributed by atoms with E-state index in [4.69, 9.17) is 14.2 Å². The van der Waals surface area contributed by atoms with Crippen molar-refractivity contribution in [3.63, 3.8) is 0 Å². The molecule has 1 aliphatic rings. The molecule has 0 aliphatic carbocycles. The highest BCUT2D eigenvalue weighted by Gasteiger charge is 2.15. The number of thioether (sulfide) groups is 1. The Hall–Kier alpha value is -2.96. The second kappa shape index (κ2) is 10.2. The summed E-state index contributed by atoms with van der Waals surface area (Å²) in [6.45, 7) is 0.770. The van der Waals surface area contributed by atoms with E-state index in [-0.39, 0.29) is 18.8 Å². The van der Waals surface area contributed by atoms with Gasteiger partial charge in [0.1, 0.15) is 6.10 Å². The van der Waals surface area contributed by atoms with Gasteiger partial charge < -0.3 is 19.5 Å². The quantitative estimate of drug-likeness (QED) is 0.499. The smallest absolute Gasteiger partial charge is 0.234 e. The van der Waals surface area contributed by atoms with Crippen LogP contribution in [0.25, 0.3) is 0 Å². The zero-order valence-corrected chi connectivity index (χ0v) is 17.3. The first-order valence-electron chi connectivity index (χ1n) is 9.78. The number of anilines is 1. The lowest BCUT2D eigenvalue weighted by Crippen LogP contribution is -2.15. The molecule has 0 aromatic heterocycles. The number of benzene rings is 3. The minimum atomic E-state index is -0.115. The average Bonchev–Trinajstić information content (AvgIpc) is 3.25. The van der Waals surface area contributed by atoms with Gasteiger partial charge in [-0.2, -0.15) is 0 Å². The summed E-state index contributed by atoms with van der Waals surface area (Å²) in [5.41, 5.74) is 2.94. The number of amides is 1. The summed E-state index contributed by atoms with van der Waals surface area (Å²) in [5, 5.41) is 2.89. The van der Waals surface area contributed by atoms with Gasteiger partial charge in [-0.15, -0.1) is 11.8 Å². The van der Waals surface area contributed by atoms with Gasteiger partial charge in [0.15, 0.2) is 11.5 Å². The largest absolute Gasteiger partial charge is 0.454 e. The van der Waals surface area contributed by atoms with E-state index in [9.17, 15) is 4.79 Å². The van der Waals surface area contributed by atoms with Crippen molar-refractivity contribution in [3.8, 4) is 11.5 Å². The monoisotopic (exact) mass is 421 g/mol. The standard InChI is InChI=1S/C24H23NO4S/c26-23(25-20-11-12-21-22(15-20)29-17-28-21)16-30-14-13-27-24(18-7-3-1-4-8-18)19-9-5-2-6-10-19/h1-12,15,24H,13-14,16-17H2,(H,25,26). The summed E-state index contributed by atoms with van der Waals surface area (Å²) >= 11 is 1.55. The summed E-state index contributed by atoms with van der Waals surface area (Å²) in [6.07, 6.45) is -0.115. The van der Waals surface area contributed by atoms with Gasteiger partial charge in [0, 0.05) is 17.5 Å². The first kappa shape index (κ1) is 20.3. The predicted molar refractivity (Wildman–Crippen MR) is 119 cm³/mol. The van der Waals surface area contributed by atoms with Crippen LogP contribution in [0.4, 0.5) is 5.69 Å². The molecule has 0 saturated heterocycles. The van der Waals surface area contributed by atoms with Crippen LogP contribution in [0.1, 0.15) is 17.2 Å². The average molecular weight is 422 g/mol. The summed E-state index contributed by atoms with van der Waals surface area (Å²) in [5.74, 6) is 2.39. The molecule has 0 atom stereocenters. The zero-order valence-electron chi connectivity index (χ0n) is 16.5. The van der Waals surface area contributed by atoms with Crippen molar-refractivity contribution in [3.05, 3.63) is 90.0 Å². The molecule has 0 bridgehead atoms. The minimum Gasteiger partial charge on any atom is -0.454 e. The molecule has 154 valence electrons. The van der Waals surface area contributed by atoms with Crippen LogP contribution in [0.2, 0.25) is 0 Å². The first-order valence-corrected chi connectivity index (χ1v) is 10.9. The molecule has 5 nitrogen and oxygen atoms in total. The SMILES string of the molecule is O=C(CSCCOC(c1ccccc1)c1ccccc1)Nc1ccc2c(c1)OCO2. The Balaban J connectivity index is 1.24. The van der Waals surface area contributed by atoms with E-state index in [1.165, 1.54) is 0 Å². The highest BCUT2D eigenvalue weighted by atomic mass is 32.2. The molecule has 4 rings (SSSR count). The number of carbonyl (C=O) groups excluding carboxylic acids is 1. The first-order chi connectivity index (χ1) is 14.8. The molecule has 1 aliphatic heterocycles. The Morgan fingerprint density at radius 3 is 2.30 bits per heavy atom. The lowest BCUT2D eigenvalue weighted by Gasteiger charge is -2.19. The number of ether oxygens (including phenoxy) is 3. The molecule has 1 heterocycles. The number of hydrogen-bond donors (Lipinski definition) is 1. The van der Waals surface area contributed by atoms with E-state index in [2.05, 4.69) is 29.6 Å². The number of nitrogens with one attached hydrogen (secondary N) is 1. The second-order valence-electron chi connectivity index (χ2n) is 6.74. The van der Waals surface area contributed by atoms with Gasteiger partial charge in [-0.1, -0.05) is 60.7 Å². The van der Waals surface area contributed by atoms with Gasteiger partial charge in [-0.05, 0) is 23.3 Å². The second-order valence-corrected chi connectivity index (χ2v) is 7.85. The summed E-state index contributed by atoms with van der Waals surface area (Å²) in [7, 11) is 0. The fourth-order valence-corrected chi connectivity index (χ4v) is 3.82. The van der Waals surface area contributed by atoms with Crippen LogP contribution in [0.15, 0.2) is 78.9 Å². The number of hydrogen-bond acceptors (Lipinski definition) is 5. The molecule has 30 heavy (non-hydrogen) atoms. The zero-order chi connectivity index (χ0) is 20.6. The normalized spacial score (nSPS) is 12.2. The van der Waals surface area contributed by atoms with Crippen LogP contribution >= 0.6 is 11.8 Å². The van der Waals surface area contributed by atoms with Crippen LogP contribution in [0.5, 0.6) is 11.5 Å². The van der Waals surface area contributed by atoms with E-state index >= 15 is 0 Å². The van der Waals surface area contributed by atoms with Gasteiger partial charge in [0.2, 0.25) is 12.7 Å². The van der Waals surface area contributed by atoms with Crippen molar-refractivity contribution < 1.29 is 19.0 Å². The third-order valence-electron chi connectivity index (χ3n) is 4.61.